The minimum absolute atomic E-state index is 0.146. The summed E-state index contributed by atoms with van der Waals surface area (Å²) >= 11 is 4.87. The Morgan fingerprint density at radius 1 is 1.47 bits per heavy atom. The zero-order chi connectivity index (χ0) is 13.8. The summed E-state index contributed by atoms with van der Waals surface area (Å²) in [6.07, 6.45) is 0.600. The Bertz CT molecular complexity index is 505. The second kappa shape index (κ2) is 5.88. The van der Waals surface area contributed by atoms with E-state index in [2.05, 4.69) is 5.32 Å². The van der Waals surface area contributed by atoms with Gasteiger partial charge in [-0.3, -0.25) is 4.79 Å². The topological polar surface area (TPSA) is 73.6 Å². The van der Waals surface area contributed by atoms with Crippen molar-refractivity contribution in [3.63, 3.8) is 0 Å². The Morgan fingerprint density at radius 2 is 2.21 bits per heavy atom. The molecule has 1 aliphatic rings. The number of rotatable bonds is 5. The van der Waals surface area contributed by atoms with Gasteiger partial charge < -0.3 is 20.5 Å². The number of thiocarbonyl (C=S) groups is 1. The fraction of sp³-hybridized carbons (Fsp3) is 0.385. The fourth-order valence-electron chi connectivity index (χ4n) is 1.88. The minimum Gasteiger partial charge on any atom is -0.454 e. The molecule has 0 aliphatic carbocycles. The van der Waals surface area contributed by atoms with Gasteiger partial charge in [-0.15, -0.1) is 0 Å². The van der Waals surface area contributed by atoms with Crippen molar-refractivity contribution >= 4 is 23.1 Å². The van der Waals surface area contributed by atoms with Crippen LogP contribution in [-0.2, 0) is 11.3 Å². The molecule has 5 nitrogen and oxygen atoms in total. The summed E-state index contributed by atoms with van der Waals surface area (Å²) in [5.74, 6) is 0.870. The van der Waals surface area contributed by atoms with E-state index in [-0.39, 0.29) is 17.7 Å². The van der Waals surface area contributed by atoms with Crippen molar-refractivity contribution in [2.45, 2.75) is 19.9 Å². The molecule has 0 saturated carbocycles. The van der Waals surface area contributed by atoms with Crippen LogP contribution in [0.4, 0.5) is 0 Å². The molecule has 1 atom stereocenters. The quantitative estimate of drug-likeness (QED) is 0.796. The van der Waals surface area contributed by atoms with Crippen molar-refractivity contribution in [3.8, 4) is 11.5 Å². The largest absolute Gasteiger partial charge is 0.454 e. The summed E-state index contributed by atoms with van der Waals surface area (Å²) in [4.78, 5) is 12.1. The number of ether oxygens (including phenoxy) is 2. The van der Waals surface area contributed by atoms with Gasteiger partial charge in [-0.05, 0) is 24.1 Å². The van der Waals surface area contributed by atoms with Crippen LogP contribution in [0.5, 0.6) is 11.5 Å². The van der Waals surface area contributed by atoms with Crippen molar-refractivity contribution in [1.82, 2.24) is 5.32 Å². The molecule has 0 saturated heterocycles. The smallest absolute Gasteiger partial charge is 0.231 e. The first-order valence-corrected chi connectivity index (χ1v) is 6.48. The van der Waals surface area contributed by atoms with Crippen LogP contribution in [-0.4, -0.2) is 17.7 Å². The molecule has 1 aromatic carbocycles. The molecule has 2 rings (SSSR count). The van der Waals surface area contributed by atoms with Gasteiger partial charge >= 0.3 is 0 Å². The lowest BCUT2D eigenvalue weighted by Crippen LogP contribution is -2.37. The van der Waals surface area contributed by atoms with Crippen molar-refractivity contribution in [2.75, 3.05) is 6.79 Å². The van der Waals surface area contributed by atoms with Gasteiger partial charge in [-0.1, -0.05) is 25.2 Å². The molecule has 1 aliphatic heterocycles. The summed E-state index contributed by atoms with van der Waals surface area (Å²) in [6, 6.07) is 5.56. The maximum absolute atomic E-state index is 11.9. The standard InChI is InChI=1S/C13H16N2O3S/c1-2-9(12(14)19)13(16)15-6-8-3-4-10-11(5-8)18-7-17-10/h3-5,9H,2,6-7H2,1H3,(H2,14,19)(H,15,16). The normalized spacial score (nSPS) is 13.9. The molecule has 6 heteroatoms. The lowest BCUT2D eigenvalue weighted by atomic mass is 10.1. The number of hydrogen-bond donors (Lipinski definition) is 2. The summed E-state index contributed by atoms with van der Waals surface area (Å²) in [6.45, 7) is 2.53. The Labute approximate surface area is 117 Å². The lowest BCUT2D eigenvalue weighted by Gasteiger charge is -2.13. The first-order chi connectivity index (χ1) is 9.11. The van der Waals surface area contributed by atoms with Crippen molar-refractivity contribution in [2.24, 2.45) is 11.7 Å². The highest BCUT2D eigenvalue weighted by molar-refractivity contribution is 7.80. The predicted molar refractivity (Wildman–Crippen MR) is 75.0 cm³/mol. The van der Waals surface area contributed by atoms with E-state index in [1.165, 1.54) is 0 Å². The summed E-state index contributed by atoms with van der Waals surface area (Å²) in [5, 5.41) is 2.82. The SMILES string of the molecule is CCC(C(=O)NCc1ccc2c(c1)OCO2)C(N)=S. The third kappa shape index (κ3) is 3.14. The van der Waals surface area contributed by atoms with Crippen LogP contribution in [0.3, 0.4) is 0 Å². The fourth-order valence-corrected chi connectivity index (χ4v) is 2.15. The molecule has 0 spiro atoms. The summed E-state index contributed by atoms with van der Waals surface area (Å²) in [7, 11) is 0. The number of amides is 1. The molecule has 1 aromatic rings. The van der Waals surface area contributed by atoms with E-state index in [4.69, 9.17) is 27.4 Å². The number of hydrogen-bond acceptors (Lipinski definition) is 4. The molecule has 19 heavy (non-hydrogen) atoms. The molecule has 1 heterocycles. The van der Waals surface area contributed by atoms with Crippen LogP contribution in [0, 0.1) is 5.92 Å². The van der Waals surface area contributed by atoms with E-state index in [0.717, 1.165) is 11.3 Å². The van der Waals surface area contributed by atoms with E-state index < -0.39 is 5.92 Å². The number of carbonyl (C=O) groups excluding carboxylic acids is 1. The van der Waals surface area contributed by atoms with Crippen LogP contribution in [0.2, 0.25) is 0 Å². The first-order valence-electron chi connectivity index (χ1n) is 6.07. The average molecular weight is 280 g/mol. The van der Waals surface area contributed by atoms with Gasteiger partial charge in [0.1, 0.15) is 0 Å². The van der Waals surface area contributed by atoms with Crippen LogP contribution in [0.1, 0.15) is 18.9 Å². The second-order valence-electron chi connectivity index (χ2n) is 4.27. The van der Waals surface area contributed by atoms with Crippen molar-refractivity contribution < 1.29 is 14.3 Å². The molecule has 0 radical (unpaired) electrons. The highest BCUT2D eigenvalue weighted by atomic mass is 32.1. The Kier molecular flexibility index (Phi) is 4.21. The number of fused-ring (bicyclic) bond motifs is 1. The van der Waals surface area contributed by atoms with E-state index in [9.17, 15) is 4.79 Å². The van der Waals surface area contributed by atoms with E-state index in [0.29, 0.717) is 18.7 Å². The average Bonchev–Trinajstić information content (AvgIpc) is 2.84. The third-order valence-corrected chi connectivity index (χ3v) is 3.26. The first kappa shape index (κ1) is 13.6. The maximum atomic E-state index is 11.9. The molecule has 0 fully saturated rings. The maximum Gasteiger partial charge on any atom is 0.231 e. The van der Waals surface area contributed by atoms with Crippen molar-refractivity contribution in [3.05, 3.63) is 23.8 Å². The molecule has 3 N–H and O–H groups in total. The summed E-state index contributed by atoms with van der Waals surface area (Å²) in [5.41, 5.74) is 6.47. The number of benzene rings is 1. The Balaban J connectivity index is 1.95. The second-order valence-corrected chi connectivity index (χ2v) is 4.74. The molecule has 0 aromatic heterocycles. The Morgan fingerprint density at radius 3 is 2.89 bits per heavy atom. The van der Waals surface area contributed by atoms with Gasteiger partial charge in [-0.2, -0.15) is 0 Å². The van der Waals surface area contributed by atoms with Gasteiger partial charge in [0.05, 0.1) is 10.9 Å². The molecular formula is C13H16N2O3S. The predicted octanol–water partition coefficient (Wildman–Crippen LogP) is 1.34. The molecule has 0 bridgehead atoms. The minimum atomic E-state index is -0.413. The van der Waals surface area contributed by atoms with Crippen LogP contribution in [0.25, 0.3) is 0 Å². The van der Waals surface area contributed by atoms with E-state index in [1.807, 2.05) is 25.1 Å². The van der Waals surface area contributed by atoms with Gasteiger partial charge in [-0.25, -0.2) is 0 Å². The number of nitrogens with two attached hydrogens (primary N) is 1. The molecule has 102 valence electrons. The van der Waals surface area contributed by atoms with Crippen molar-refractivity contribution in [1.29, 1.82) is 0 Å². The Hall–Kier alpha value is -1.82. The molecule has 1 unspecified atom stereocenters. The highest BCUT2D eigenvalue weighted by Crippen LogP contribution is 2.32. The molecular weight excluding hydrogens is 264 g/mol. The molecule has 1 amide bonds. The highest BCUT2D eigenvalue weighted by Gasteiger charge is 2.19. The van der Waals surface area contributed by atoms with E-state index >= 15 is 0 Å². The van der Waals surface area contributed by atoms with Crippen LogP contribution < -0.4 is 20.5 Å². The number of carbonyl (C=O) groups is 1. The zero-order valence-corrected chi connectivity index (χ0v) is 11.5. The van der Waals surface area contributed by atoms with Gasteiger partial charge in [0.2, 0.25) is 12.7 Å². The van der Waals surface area contributed by atoms with Crippen LogP contribution in [0.15, 0.2) is 18.2 Å². The van der Waals surface area contributed by atoms with Gasteiger partial charge in [0.15, 0.2) is 11.5 Å². The lowest BCUT2D eigenvalue weighted by molar-refractivity contribution is -0.123. The van der Waals surface area contributed by atoms with Gasteiger partial charge in [0, 0.05) is 6.54 Å². The van der Waals surface area contributed by atoms with Gasteiger partial charge in [0.25, 0.3) is 0 Å². The van der Waals surface area contributed by atoms with Crippen LogP contribution >= 0.6 is 12.2 Å². The van der Waals surface area contributed by atoms with E-state index in [1.54, 1.807) is 0 Å². The monoisotopic (exact) mass is 280 g/mol. The zero-order valence-electron chi connectivity index (χ0n) is 10.6. The summed E-state index contributed by atoms with van der Waals surface area (Å²) < 4.78 is 10.5. The third-order valence-electron chi connectivity index (χ3n) is 2.97. The number of nitrogens with one attached hydrogen (secondary N) is 1.